The summed E-state index contributed by atoms with van der Waals surface area (Å²) in [6, 6.07) is 20.7. The predicted molar refractivity (Wildman–Crippen MR) is 59.0 cm³/mol. The van der Waals surface area contributed by atoms with Crippen molar-refractivity contribution in [3.63, 3.8) is 0 Å². The third-order valence-corrected chi connectivity index (χ3v) is 1.82. The molecule has 0 saturated carbocycles. The molecule has 0 aromatic heterocycles. The van der Waals surface area contributed by atoms with Gasteiger partial charge in [-0.15, -0.1) is 0 Å². The van der Waals surface area contributed by atoms with Crippen LogP contribution in [0, 0.1) is 6.07 Å². The second-order valence-electron chi connectivity index (χ2n) is 2.89. The largest absolute Gasteiger partial charge is 0.301 e. The molecule has 2 aromatic rings. The van der Waals surface area contributed by atoms with Crippen LogP contribution < -0.4 is 10.9 Å². The summed E-state index contributed by atoms with van der Waals surface area (Å²) in [7, 11) is 0. The van der Waals surface area contributed by atoms with Gasteiger partial charge in [0.05, 0.1) is 11.4 Å². The molecule has 0 amide bonds. The smallest absolute Gasteiger partial charge is 0.0619 e. The van der Waals surface area contributed by atoms with E-state index in [4.69, 9.17) is 0 Å². The Kier molecular flexibility index (Phi) is 2.67. The van der Waals surface area contributed by atoms with Gasteiger partial charge in [-0.25, -0.2) is 0 Å². The fourth-order valence-corrected chi connectivity index (χ4v) is 1.13. The SMILES string of the molecule is [c]1ccccc1NNc1ccccc1. The van der Waals surface area contributed by atoms with Crippen LogP contribution in [0.15, 0.2) is 54.6 Å². The molecular weight excluding hydrogens is 172 g/mol. The quantitative estimate of drug-likeness (QED) is 0.715. The van der Waals surface area contributed by atoms with E-state index < -0.39 is 0 Å². The minimum atomic E-state index is 0.927. The van der Waals surface area contributed by atoms with E-state index in [9.17, 15) is 0 Å². The first-order valence-electron chi connectivity index (χ1n) is 4.49. The lowest BCUT2D eigenvalue weighted by atomic mass is 10.3. The molecule has 2 aromatic carbocycles. The standard InChI is InChI=1S/C12H11N2/c1-3-7-11(8-4-1)13-14-12-9-5-2-6-10-12/h1-9,13-14H. The average Bonchev–Trinajstić information content (AvgIpc) is 2.29. The molecule has 1 radical (unpaired) electrons. The van der Waals surface area contributed by atoms with Gasteiger partial charge < -0.3 is 10.9 Å². The number of hydrogen-bond acceptors (Lipinski definition) is 2. The maximum Gasteiger partial charge on any atom is 0.0619 e. The van der Waals surface area contributed by atoms with Crippen molar-refractivity contribution in [3.8, 4) is 0 Å². The molecule has 69 valence electrons. The van der Waals surface area contributed by atoms with Crippen molar-refractivity contribution in [2.24, 2.45) is 0 Å². The molecule has 0 aliphatic rings. The van der Waals surface area contributed by atoms with Crippen LogP contribution >= 0.6 is 0 Å². The summed E-state index contributed by atoms with van der Waals surface area (Å²) in [5, 5.41) is 0. The molecule has 2 heteroatoms. The minimum absolute atomic E-state index is 0.927. The Morgan fingerprint density at radius 3 is 2.29 bits per heavy atom. The molecule has 2 rings (SSSR count). The monoisotopic (exact) mass is 183 g/mol. The van der Waals surface area contributed by atoms with E-state index in [2.05, 4.69) is 16.9 Å². The van der Waals surface area contributed by atoms with Crippen LogP contribution in [0.4, 0.5) is 11.4 Å². The number of nitrogens with one attached hydrogen (secondary N) is 2. The molecular formula is C12H11N2. The second-order valence-corrected chi connectivity index (χ2v) is 2.89. The van der Waals surface area contributed by atoms with Gasteiger partial charge in [0.25, 0.3) is 0 Å². The Balaban J connectivity index is 1.96. The molecule has 2 nitrogen and oxygen atoms in total. The van der Waals surface area contributed by atoms with Crippen LogP contribution in [0.2, 0.25) is 0 Å². The van der Waals surface area contributed by atoms with Crippen LogP contribution in [0.3, 0.4) is 0 Å². The predicted octanol–water partition coefficient (Wildman–Crippen LogP) is 2.93. The van der Waals surface area contributed by atoms with Crippen molar-refractivity contribution in [1.82, 2.24) is 0 Å². The van der Waals surface area contributed by atoms with Gasteiger partial charge in [0.15, 0.2) is 0 Å². The molecule has 0 heterocycles. The van der Waals surface area contributed by atoms with Gasteiger partial charge in [-0.05, 0) is 18.2 Å². The Labute approximate surface area is 83.6 Å². The second kappa shape index (κ2) is 4.33. The van der Waals surface area contributed by atoms with E-state index >= 15 is 0 Å². The third-order valence-electron chi connectivity index (χ3n) is 1.82. The molecule has 0 bridgehead atoms. The van der Waals surface area contributed by atoms with Crippen molar-refractivity contribution in [3.05, 3.63) is 60.7 Å². The summed E-state index contributed by atoms with van der Waals surface area (Å²) in [5.41, 5.74) is 8.09. The molecule has 0 saturated heterocycles. The summed E-state index contributed by atoms with van der Waals surface area (Å²) in [6.45, 7) is 0. The van der Waals surface area contributed by atoms with Gasteiger partial charge in [0, 0.05) is 6.07 Å². The number of anilines is 2. The van der Waals surface area contributed by atoms with Crippen molar-refractivity contribution in [1.29, 1.82) is 0 Å². The number of para-hydroxylation sites is 2. The highest BCUT2D eigenvalue weighted by atomic mass is 15.4. The maximum atomic E-state index is 3.08. The topological polar surface area (TPSA) is 24.1 Å². The van der Waals surface area contributed by atoms with E-state index in [-0.39, 0.29) is 0 Å². The number of benzene rings is 2. The molecule has 14 heavy (non-hydrogen) atoms. The van der Waals surface area contributed by atoms with Crippen LogP contribution in [-0.4, -0.2) is 0 Å². The van der Waals surface area contributed by atoms with E-state index in [1.807, 2.05) is 54.6 Å². The fraction of sp³-hybridized carbons (Fsp3) is 0. The van der Waals surface area contributed by atoms with Crippen LogP contribution in [-0.2, 0) is 0 Å². The molecule has 0 aliphatic carbocycles. The van der Waals surface area contributed by atoms with E-state index in [1.54, 1.807) is 0 Å². The van der Waals surface area contributed by atoms with Crippen molar-refractivity contribution in [2.75, 3.05) is 10.9 Å². The lowest BCUT2D eigenvalue weighted by Crippen LogP contribution is -2.07. The zero-order valence-corrected chi connectivity index (χ0v) is 7.70. The summed E-state index contributed by atoms with van der Waals surface area (Å²) < 4.78 is 0. The van der Waals surface area contributed by atoms with Gasteiger partial charge >= 0.3 is 0 Å². The molecule has 0 atom stereocenters. The minimum Gasteiger partial charge on any atom is -0.301 e. The number of rotatable bonds is 3. The van der Waals surface area contributed by atoms with Crippen LogP contribution in [0.5, 0.6) is 0 Å². The van der Waals surface area contributed by atoms with Gasteiger partial charge in [-0.3, -0.25) is 0 Å². The summed E-state index contributed by atoms with van der Waals surface area (Å²) >= 11 is 0. The summed E-state index contributed by atoms with van der Waals surface area (Å²) in [6.07, 6.45) is 0. The lowest BCUT2D eigenvalue weighted by molar-refractivity contribution is 1.41. The van der Waals surface area contributed by atoms with E-state index in [1.165, 1.54) is 0 Å². The van der Waals surface area contributed by atoms with E-state index in [0.29, 0.717) is 0 Å². The third kappa shape index (κ3) is 2.26. The van der Waals surface area contributed by atoms with Crippen LogP contribution in [0.25, 0.3) is 0 Å². The van der Waals surface area contributed by atoms with Crippen molar-refractivity contribution < 1.29 is 0 Å². The molecule has 0 aliphatic heterocycles. The number of hydrazine groups is 1. The highest BCUT2D eigenvalue weighted by Crippen LogP contribution is 2.07. The van der Waals surface area contributed by atoms with Gasteiger partial charge in [-0.2, -0.15) is 0 Å². The zero-order chi connectivity index (χ0) is 9.64. The average molecular weight is 183 g/mol. The lowest BCUT2D eigenvalue weighted by Gasteiger charge is -2.08. The Morgan fingerprint density at radius 2 is 1.57 bits per heavy atom. The highest BCUT2D eigenvalue weighted by Gasteiger charge is 1.89. The molecule has 0 fully saturated rings. The van der Waals surface area contributed by atoms with Gasteiger partial charge in [-0.1, -0.05) is 36.4 Å². The van der Waals surface area contributed by atoms with E-state index in [0.717, 1.165) is 11.4 Å². The Bertz CT molecular complexity index is 331. The number of hydrogen-bond donors (Lipinski definition) is 2. The summed E-state index contributed by atoms with van der Waals surface area (Å²) in [5.74, 6) is 0. The Hall–Kier alpha value is -1.96. The highest BCUT2D eigenvalue weighted by molar-refractivity contribution is 5.51. The van der Waals surface area contributed by atoms with Crippen LogP contribution in [0.1, 0.15) is 0 Å². The first-order chi connectivity index (χ1) is 6.95. The first kappa shape index (κ1) is 8.63. The van der Waals surface area contributed by atoms with Crippen molar-refractivity contribution >= 4 is 11.4 Å². The zero-order valence-electron chi connectivity index (χ0n) is 7.70. The molecule has 0 spiro atoms. The van der Waals surface area contributed by atoms with Gasteiger partial charge in [0.2, 0.25) is 0 Å². The molecule has 0 unspecified atom stereocenters. The molecule has 2 N–H and O–H groups in total. The van der Waals surface area contributed by atoms with Gasteiger partial charge in [0.1, 0.15) is 0 Å². The Morgan fingerprint density at radius 1 is 0.786 bits per heavy atom. The maximum absolute atomic E-state index is 3.08. The first-order valence-corrected chi connectivity index (χ1v) is 4.49. The normalized spacial score (nSPS) is 9.43. The summed E-state index contributed by atoms with van der Waals surface area (Å²) in [4.78, 5) is 0. The fourth-order valence-electron chi connectivity index (χ4n) is 1.13. The van der Waals surface area contributed by atoms with Crippen molar-refractivity contribution in [2.45, 2.75) is 0 Å².